The highest BCUT2D eigenvalue weighted by atomic mass is 16.7. The first-order valence-electron chi connectivity index (χ1n) is 10.1. The third-order valence-corrected chi connectivity index (χ3v) is 4.36. The lowest BCUT2D eigenvalue weighted by Crippen LogP contribution is -2.45. The number of rotatable bonds is 9. The molecule has 0 aliphatic rings. The molecule has 2 rings (SSSR count). The highest BCUT2D eigenvalue weighted by Gasteiger charge is 2.36. The Hall–Kier alpha value is -2.77. The fourth-order valence-electron chi connectivity index (χ4n) is 2.79. The second-order valence-corrected chi connectivity index (χ2v) is 7.80. The van der Waals surface area contributed by atoms with Crippen molar-refractivity contribution in [3.05, 3.63) is 59.9 Å². The van der Waals surface area contributed by atoms with E-state index in [4.69, 9.17) is 9.47 Å². The van der Waals surface area contributed by atoms with Crippen LogP contribution in [0.25, 0.3) is 0 Å². The van der Waals surface area contributed by atoms with Gasteiger partial charge in [0.2, 0.25) is 11.7 Å². The molecule has 30 heavy (non-hydrogen) atoms. The van der Waals surface area contributed by atoms with Crippen molar-refractivity contribution < 1.29 is 19.1 Å². The molecular formula is C23H31N3O4. The molecule has 1 heterocycles. The molecule has 0 bridgehead atoms. The van der Waals surface area contributed by atoms with E-state index in [1.807, 2.05) is 46.8 Å². The highest BCUT2D eigenvalue weighted by Crippen LogP contribution is 2.25. The standard InChI is InChI=1S/C23H31N3O4/c1-6-29-23(30-7-2,19-13-8-9-14-24-19)16-25-20(27)17-11-10-12-18(15-17)26-21(28)22(3,4)5/h8-15H,6-7,16H2,1-5H3,(H,25,27)(H,26,28). The lowest BCUT2D eigenvalue weighted by molar-refractivity contribution is -0.240. The molecular weight excluding hydrogens is 382 g/mol. The van der Waals surface area contributed by atoms with Crippen molar-refractivity contribution in [2.75, 3.05) is 25.1 Å². The summed E-state index contributed by atoms with van der Waals surface area (Å²) in [5.74, 6) is -1.61. The van der Waals surface area contributed by atoms with Crippen LogP contribution in [0.5, 0.6) is 0 Å². The number of nitrogens with one attached hydrogen (secondary N) is 2. The average molecular weight is 414 g/mol. The van der Waals surface area contributed by atoms with Crippen molar-refractivity contribution in [2.45, 2.75) is 40.4 Å². The molecule has 2 amide bonds. The zero-order valence-electron chi connectivity index (χ0n) is 18.3. The van der Waals surface area contributed by atoms with Crippen LogP contribution < -0.4 is 10.6 Å². The Kier molecular flexibility index (Phi) is 8.08. The molecule has 0 fully saturated rings. The van der Waals surface area contributed by atoms with Crippen molar-refractivity contribution in [2.24, 2.45) is 5.41 Å². The van der Waals surface area contributed by atoms with Crippen molar-refractivity contribution >= 4 is 17.5 Å². The first-order valence-corrected chi connectivity index (χ1v) is 10.1. The number of hydrogen-bond acceptors (Lipinski definition) is 5. The maximum Gasteiger partial charge on any atom is 0.251 e. The van der Waals surface area contributed by atoms with Crippen molar-refractivity contribution in [3.8, 4) is 0 Å². The van der Waals surface area contributed by atoms with E-state index in [9.17, 15) is 9.59 Å². The Bertz CT molecular complexity index is 841. The number of hydrogen-bond donors (Lipinski definition) is 2. The minimum atomic E-state index is -1.18. The van der Waals surface area contributed by atoms with Crippen LogP contribution in [0.3, 0.4) is 0 Å². The average Bonchev–Trinajstić information content (AvgIpc) is 2.72. The zero-order valence-corrected chi connectivity index (χ0v) is 18.3. The lowest BCUT2D eigenvalue weighted by atomic mass is 9.95. The number of carbonyl (C=O) groups excluding carboxylic acids is 2. The van der Waals surface area contributed by atoms with E-state index in [0.29, 0.717) is 30.2 Å². The molecule has 0 spiro atoms. The van der Waals surface area contributed by atoms with E-state index in [1.54, 1.807) is 36.5 Å². The van der Waals surface area contributed by atoms with E-state index in [-0.39, 0.29) is 18.4 Å². The molecule has 0 radical (unpaired) electrons. The smallest absolute Gasteiger partial charge is 0.251 e. The Morgan fingerprint density at radius 3 is 2.27 bits per heavy atom. The van der Waals surface area contributed by atoms with Gasteiger partial charge in [0, 0.05) is 36.1 Å². The predicted molar refractivity (Wildman–Crippen MR) is 116 cm³/mol. The molecule has 1 aromatic carbocycles. The summed E-state index contributed by atoms with van der Waals surface area (Å²) in [6, 6.07) is 12.3. The molecule has 0 aliphatic carbocycles. The number of carbonyl (C=O) groups is 2. The van der Waals surface area contributed by atoms with Gasteiger partial charge in [-0.15, -0.1) is 0 Å². The van der Waals surface area contributed by atoms with Gasteiger partial charge >= 0.3 is 0 Å². The second-order valence-electron chi connectivity index (χ2n) is 7.80. The molecule has 0 aliphatic heterocycles. The van der Waals surface area contributed by atoms with Gasteiger partial charge in [0.1, 0.15) is 5.69 Å². The van der Waals surface area contributed by atoms with E-state index in [0.717, 1.165) is 0 Å². The monoisotopic (exact) mass is 413 g/mol. The van der Waals surface area contributed by atoms with E-state index >= 15 is 0 Å². The first kappa shape index (κ1) is 23.5. The Morgan fingerprint density at radius 1 is 1.00 bits per heavy atom. The van der Waals surface area contributed by atoms with Gasteiger partial charge in [-0.3, -0.25) is 14.6 Å². The van der Waals surface area contributed by atoms with Crippen LogP contribution in [0, 0.1) is 5.41 Å². The molecule has 7 nitrogen and oxygen atoms in total. The minimum Gasteiger partial charge on any atom is -0.346 e. The molecule has 0 saturated heterocycles. The molecule has 162 valence electrons. The SMILES string of the molecule is CCOC(CNC(=O)c1cccc(NC(=O)C(C)(C)C)c1)(OCC)c1ccccn1. The van der Waals surface area contributed by atoms with Gasteiger partial charge < -0.3 is 20.1 Å². The molecule has 0 saturated carbocycles. The van der Waals surface area contributed by atoms with Gasteiger partial charge in [0.15, 0.2) is 0 Å². The molecule has 0 unspecified atom stereocenters. The van der Waals surface area contributed by atoms with E-state index in [1.165, 1.54) is 0 Å². The zero-order chi connectivity index (χ0) is 22.2. The van der Waals surface area contributed by atoms with Gasteiger partial charge in [-0.05, 0) is 44.2 Å². The molecule has 0 atom stereocenters. The Morgan fingerprint density at radius 2 is 1.70 bits per heavy atom. The van der Waals surface area contributed by atoms with Crippen molar-refractivity contribution in [1.82, 2.24) is 10.3 Å². The first-order chi connectivity index (χ1) is 14.2. The third-order valence-electron chi connectivity index (χ3n) is 4.36. The van der Waals surface area contributed by atoms with Gasteiger partial charge in [-0.1, -0.05) is 32.9 Å². The summed E-state index contributed by atoms with van der Waals surface area (Å²) in [4.78, 5) is 29.4. The van der Waals surface area contributed by atoms with Crippen LogP contribution in [0.2, 0.25) is 0 Å². The van der Waals surface area contributed by atoms with Crippen LogP contribution in [0.15, 0.2) is 48.7 Å². The lowest BCUT2D eigenvalue weighted by Gasteiger charge is -2.32. The summed E-state index contributed by atoms with van der Waals surface area (Å²) in [5.41, 5.74) is 1.04. The minimum absolute atomic E-state index is 0.0864. The summed E-state index contributed by atoms with van der Waals surface area (Å²) in [6.07, 6.45) is 1.66. The molecule has 2 aromatic rings. The topological polar surface area (TPSA) is 89.6 Å². The number of amides is 2. The Labute approximate surface area is 178 Å². The number of aromatic nitrogens is 1. The number of ether oxygens (including phenoxy) is 2. The van der Waals surface area contributed by atoms with E-state index < -0.39 is 11.2 Å². The fraction of sp³-hybridized carbons (Fsp3) is 0.435. The van der Waals surface area contributed by atoms with Crippen LogP contribution in [-0.2, 0) is 20.1 Å². The van der Waals surface area contributed by atoms with Crippen LogP contribution in [0.1, 0.15) is 50.7 Å². The number of benzene rings is 1. The largest absolute Gasteiger partial charge is 0.346 e. The summed E-state index contributed by atoms with van der Waals surface area (Å²) >= 11 is 0. The number of nitrogens with zero attached hydrogens (tertiary/aromatic N) is 1. The predicted octanol–water partition coefficient (Wildman–Crippen LogP) is 3.72. The van der Waals surface area contributed by atoms with Crippen molar-refractivity contribution in [3.63, 3.8) is 0 Å². The molecule has 2 N–H and O–H groups in total. The highest BCUT2D eigenvalue weighted by molar-refractivity contribution is 5.98. The maximum atomic E-state index is 12.8. The molecule has 7 heteroatoms. The number of anilines is 1. The van der Waals surface area contributed by atoms with Crippen LogP contribution >= 0.6 is 0 Å². The van der Waals surface area contributed by atoms with Gasteiger partial charge in [-0.25, -0.2) is 0 Å². The van der Waals surface area contributed by atoms with Gasteiger partial charge in [0.05, 0.1) is 6.54 Å². The number of pyridine rings is 1. The fourth-order valence-corrected chi connectivity index (χ4v) is 2.79. The summed E-state index contributed by atoms with van der Waals surface area (Å²) in [6.45, 7) is 10.1. The Balaban J connectivity index is 2.17. The van der Waals surface area contributed by atoms with Crippen LogP contribution in [-0.4, -0.2) is 36.6 Å². The summed E-state index contributed by atoms with van der Waals surface area (Å²) in [5, 5.41) is 5.71. The van der Waals surface area contributed by atoms with E-state index in [2.05, 4.69) is 15.6 Å². The second kappa shape index (κ2) is 10.3. The van der Waals surface area contributed by atoms with Gasteiger partial charge in [-0.2, -0.15) is 0 Å². The third kappa shape index (κ3) is 6.11. The maximum absolute atomic E-state index is 12.8. The summed E-state index contributed by atoms with van der Waals surface area (Å²) in [7, 11) is 0. The summed E-state index contributed by atoms with van der Waals surface area (Å²) < 4.78 is 11.8. The van der Waals surface area contributed by atoms with Crippen molar-refractivity contribution in [1.29, 1.82) is 0 Å². The van der Waals surface area contributed by atoms with Crippen LogP contribution in [0.4, 0.5) is 5.69 Å². The quantitative estimate of drug-likeness (QED) is 0.612. The normalized spacial score (nSPS) is 11.8. The van der Waals surface area contributed by atoms with Gasteiger partial charge in [0.25, 0.3) is 5.91 Å². The molecule has 1 aromatic heterocycles.